The minimum Gasteiger partial charge on any atom is -0.384 e. The van der Waals surface area contributed by atoms with Crippen LogP contribution in [0.5, 0.6) is 0 Å². The second-order valence-corrected chi connectivity index (χ2v) is 8.92. The van der Waals surface area contributed by atoms with E-state index in [1.807, 2.05) is 80.6 Å². The Morgan fingerprint density at radius 3 is 2.42 bits per heavy atom. The molecule has 1 heterocycles. The van der Waals surface area contributed by atoms with Crippen LogP contribution < -0.4 is 11.3 Å². The molecule has 36 heavy (non-hydrogen) atoms. The van der Waals surface area contributed by atoms with Crippen LogP contribution in [0.1, 0.15) is 46.3 Å². The molecule has 6 heteroatoms. The van der Waals surface area contributed by atoms with Gasteiger partial charge in [-0.3, -0.25) is 14.8 Å². The van der Waals surface area contributed by atoms with Gasteiger partial charge in [-0.15, -0.1) is 0 Å². The molecule has 4 rings (SSSR count). The number of nitrogen functional groups attached to an aromatic ring is 1. The monoisotopic (exact) mass is 480 g/mol. The first kappa shape index (κ1) is 25.1. The molecule has 0 bridgehead atoms. The van der Waals surface area contributed by atoms with Gasteiger partial charge in [0, 0.05) is 24.7 Å². The smallest absolute Gasteiger partial charge is 0.257 e. The quantitative estimate of drug-likeness (QED) is 0.264. The summed E-state index contributed by atoms with van der Waals surface area (Å²) in [6.45, 7) is 4.90. The average Bonchev–Trinajstić information content (AvgIpc) is 2.89. The van der Waals surface area contributed by atoms with E-state index in [2.05, 4.69) is 6.07 Å². The van der Waals surface area contributed by atoms with E-state index < -0.39 is 0 Å². The van der Waals surface area contributed by atoms with Gasteiger partial charge in [0.05, 0.1) is 18.8 Å². The SMILES string of the molecule is CCc1nc(C)n(Cc2ccc(-c3ccccc3C(=N)N)cc2)c(=O)c1Cc1cccc(COC)c1. The fraction of sp³-hybridized carbons (Fsp3) is 0.233. The van der Waals surface area contributed by atoms with Crippen LogP contribution in [0.15, 0.2) is 77.6 Å². The highest BCUT2D eigenvalue weighted by Crippen LogP contribution is 2.24. The van der Waals surface area contributed by atoms with E-state index in [4.69, 9.17) is 20.9 Å². The van der Waals surface area contributed by atoms with Crippen LogP contribution in [-0.4, -0.2) is 22.5 Å². The first-order chi connectivity index (χ1) is 17.4. The molecule has 0 unspecified atom stereocenters. The number of hydrogen-bond acceptors (Lipinski definition) is 4. The summed E-state index contributed by atoms with van der Waals surface area (Å²) in [5.41, 5.74) is 13.1. The van der Waals surface area contributed by atoms with Gasteiger partial charge in [0.1, 0.15) is 11.7 Å². The highest BCUT2D eigenvalue weighted by Gasteiger charge is 2.15. The first-order valence-corrected chi connectivity index (χ1v) is 12.1. The zero-order chi connectivity index (χ0) is 25.7. The Kier molecular flexibility index (Phi) is 7.76. The molecule has 3 N–H and O–H groups in total. The van der Waals surface area contributed by atoms with Crippen molar-refractivity contribution < 1.29 is 4.74 Å². The van der Waals surface area contributed by atoms with Crippen molar-refractivity contribution in [2.75, 3.05) is 7.11 Å². The van der Waals surface area contributed by atoms with Gasteiger partial charge in [-0.05, 0) is 41.2 Å². The molecular formula is C30H32N4O2. The molecule has 184 valence electrons. The maximum Gasteiger partial charge on any atom is 0.257 e. The lowest BCUT2D eigenvalue weighted by Crippen LogP contribution is -2.29. The second kappa shape index (κ2) is 11.1. The average molecular weight is 481 g/mol. The summed E-state index contributed by atoms with van der Waals surface area (Å²) in [7, 11) is 1.68. The lowest BCUT2D eigenvalue weighted by molar-refractivity contribution is 0.185. The molecule has 0 atom stereocenters. The van der Waals surface area contributed by atoms with E-state index in [0.717, 1.165) is 39.1 Å². The van der Waals surface area contributed by atoms with E-state index in [0.29, 0.717) is 37.4 Å². The topological polar surface area (TPSA) is 94.0 Å². The highest BCUT2D eigenvalue weighted by molar-refractivity contribution is 6.01. The number of ether oxygens (including phenoxy) is 1. The number of nitrogens with zero attached hydrogens (tertiary/aromatic N) is 2. The normalized spacial score (nSPS) is 11.0. The maximum absolute atomic E-state index is 13.7. The van der Waals surface area contributed by atoms with Crippen molar-refractivity contribution in [3.05, 3.63) is 122 Å². The maximum atomic E-state index is 13.7. The number of nitrogens with one attached hydrogen (secondary N) is 1. The van der Waals surface area contributed by atoms with Crippen LogP contribution >= 0.6 is 0 Å². The summed E-state index contributed by atoms with van der Waals surface area (Å²) >= 11 is 0. The molecule has 0 aliphatic rings. The second-order valence-electron chi connectivity index (χ2n) is 8.92. The van der Waals surface area contributed by atoms with Crippen molar-refractivity contribution in [1.82, 2.24) is 9.55 Å². The number of aromatic nitrogens is 2. The van der Waals surface area contributed by atoms with Crippen molar-refractivity contribution in [2.24, 2.45) is 5.73 Å². The highest BCUT2D eigenvalue weighted by atomic mass is 16.5. The number of nitrogens with two attached hydrogens (primary N) is 1. The molecular weight excluding hydrogens is 448 g/mol. The molecule has 0 spiro atoms. The Morgan fingerprint density at radius 2 is 1.72 bits per heavy atom. The van der Waals surface area contributed by atoms with Gasteiger partial charge < -0.3 is 10.5 Å². The molecule has 1 aromatic heterocycles. The summed E-state index contributed by atoms with van der Waals surface area (Å²) in [4.78, 5) is 18.5. The van der Waals surface area contributed by atoms with Crippen LogP contribution in [-0.2, 0) is 30.7 Å². The van der Waals surface area contributed by atoms with E-state index in [9.17, 15) is 4.79 Å². The van der Waals surface area contributed by atoms with Crippen molar-refractivity contribution in [3.8, 4) is 11.1 Å². The van der Waals surface area contributed by atoms with Gasteiger partial charge in [-0.1, -0.05) is 79.7 Å². The lowest BCUT2D eigenvalue weighted by Gasteiger charge is -2.16. The fourth-order valence-electron chi connectivity index (χ4n) is 4.55. The Hall–Kier alpha value is -4.03. The molecule has 0 saturated heterocycles. The van der Waals surface area contributed by atoms with Crippen molar-refractivity contribution >= 4 is 5.84 Å². The summed E-state index contributed by atoms with van der Waals surface area (Å²) in [5, 5.41) is 7.86. The van der Waals surface area contributed by atoms with Crippen LogP contribution in [0.4, 0.5) is 0 Å². The molecule has 6 nitrogen and oxygen atoms in total. The fourth-order valence-corrected chi connectivity index (χ4v) is 4.55. The van der Waals surface area contributed by atoms with Crippen molar-refractivity contribution in [1.29, 1.82) is 5.41 Å². The molecule has 0 aliphatic carbocycles. The van der Waals surface area contributed by atoms with Gasteiger partial charge >= 0.3 is 0 Å². The van der Waals surface area contributed by atoms with Crippen molar-refractivity contribution in [2.45, 2.75) is 39.8 Å². The van der Waals surface area contributed by atoms with Gasteiger partial charge in [-0.2, -0.15) is 0 Å². The van der Waals surface area contributed by atoms with E-state index in [1.54, 1.807) is 11.7 Å². The number of methoxy groups -OCH3 is 1. The third-order valence-electron chi connectivity index (χ3n) is 6.38. The molecule has 4 aromatic rings. The molecule has 0 radical (unpaired) electrons. The summed E-state index contributed by atoms with van der Waals surface area (Å²) in [5.74, 6) is 0.749. The number of rotatable bonds is 9. The van der Waals surface area contributed by atoms with E-state index in [1.165, 1.54) is 0 Å². The summed E-state index contributed by atoms with van der Waals surface area (Å²) in [6, 6.07) is 23.8. The Labute approximate surface area is 211 Å². The molecule has 0 amide bonds. The van der Waals surface area contributed by atoms with Gasteiger partial charge in [0.2, 0.25) is 0 Å². The predicted octanol–water partition coefficient (Wildman–Crippen LogP) is 4.85. The number of hydrogen-bond donors (Lipinski definition) is 2. The van der Waals surface area contributed by atoms with Crippen LogP contribution in [0.2, 0.25) is 0 Å². The largest absolute Gasteiger partial charge is 0.384 e. The van der Waals surface area contributed by atoms with E-state index >= 15 is 0 Å². The number of benzene rings is 3. The lowest BCUT2D eigenvalue weighted by atomic mass is 9.98. The van der Waals surface area contributed by atoms with Gasteiger partial charge in [-0.25, -0.2) is 4.98 Å². The molecule has 0 aliphatic heterocycles. The standard InChI is InChI=1S/C30H32N4O2/c1-4-28-27(17-22-8-7-9-23(16-22)19-36-3)30(35)34(20(2)33-28)18-21-12-14-24(15-13-21)25-10-5-6-11-26(25)29(31)32/h5-16H,4,17-19H2,1-3H3,(H3,31,32). The van der Waals surface area contributed by atoms with Crippen LogP contribution in [0.3, 0.4) is 0 Å². The molecule has 0 fully saturated rings. The Balaban J connectivity index is 1.65. The van der Waals surface area contributed by atoms with Crippen LogP contribution in [0, 0.1) is 12.3 Å². The van der Waals surface area contributed by atoms with Crippen molar-refractivity contribution in [3.63, 3.8) is 0 Å². The minimum atomic E-state index is 0.00231. The first-order valence-electron chi connectivity index (χ1n) is 12.1. The summed E-state index contributed by atoms with van der Waals surface area (Å²) < 4.78 is 7.02. The minimum absolute atomic E-state index is 0.00231. The Morgan fingerprint density at radius 1 is 1.00 bits per heavy atom. The van der Waals surface area contributed by atoms with E-state index in [-0.39, 0.29) is 11.4 Å². The molecule has 0 saturated carbocycles. The van der Waals surface area contributed by atoms with Crippen LogP contribution in [0.25, 0.3) is 11.1 Å². The third-order valence-corrected chi connectivity index (χ3v) is 6.38. The zero-order valence-electron chi connectivity index (χ0n) is 21.0. The van der Waals surface area contributed by atoms with Gasteiger partial charge in [0.15, 0.2) is 0 Å². The number of amidine groups is 1. The number of aryl methyl sites for hydroxylation is 2. The molecule has 3 aromatic carbocycles. The predicted molar refractivity (Wildman–Crippen MR) is 145 cm³/mol. The Bertz CT molecular complexity index is 1440. The summed E-state index contributed by atoms with van der Waals surface area (Å²) in [6.07, 6.45) is 1.24. The third kappa shape index (κ3) is 5.44. The van der Waals surface area contributed by atoms with Gasteiger partial charge in [0.25, 0.3) is 5.56 Å². The zero-order valence-corrected chi connectivity index (χ0v) is 21.0.